The van der Waals surface area contributed by atoms with E-state index in [4.69, 9.17) is 4.74 Å². The van der Waals surface area contributed by atoms with Gasteiger partial charge < -0.3 is 15.0 Å². The Labute approximate surface area is 135 Å². The highest BCUT2D eigenvalue weighted by Gasteiger charge is 2.19. The quantitative estimate of drug-likeness (QED) is 0.766. The fraction of sp³-hybridized carbons (Fsp3) is 0.211. The van der Waals surface area contributed by atoms with Crippen LogP contribution in [0.2, 0.25) is 0 Å². The van der Waals surface area contributed by atoms with Crippen molar-refractivity contribution in [3.05, 3.63) is 71.4 Å². The van der Waals surface area contributed by atoms with Crippen LogP contribution in [-0.2, 0) is 4.74 Å². The van der Waals surface area contributed by atoms with Crippen molar-refractivity contribution >= 4 is 17.0 Å². The summed E-state index contributed by atoms with van der Waals surface area (Å²) in [4.78, 5) is 14.8. The number of para-hydroxylation sites is 1. The second-order valence-electron chi connectivity index (χ2n) is 5.63. The predicted molar refractivity (Wildman–Crippen MR) is 91.7 cm³/mol. The monoisotopic (exact) mass is 308 g/mol. The number of benzene rings is 2. The minimum absolute atomic E-state index is 0.0610. The average molecular weight is 308 g/mol. The second-order valence-corrected chi connectivity index (χ2v) is 5.63. The molecule has 118 valence electrons. The van der Waals surface area contributed by atoms with Crippen molar-refractivity contribution in [1.82, 2.24) is 10.3 Å². The van der Waals surface area contributed by atoms with Gasteiger partial charge in [-0.2, -0.15) is 0 Å². The number of aryl methyl sites for hydroxylation is 1. The number of aromatic amines is 1. The van der Waals surface area contributed by atoms with Gasteiger partial charge in [0.15, 0.2) is 0 Å². The van der Waals surface area contributed by atoms with E-state index in [0.29, 0.717) is 6.54 Å². The zero-order chi connectivity index (χ0) is 16.2. The summed E-state index contributed by atoms with van der Waals surface area (Å²) < 4.78 is 4.70. The summed E-state index contributed by atoms with van der Waals surface area (Å²) in [6.07, 6.45) is 1.61. The van der Waals surface area contributed by atoms with Crippen molar-refractivity contribution in [3.63, 3.8) is 0 Å². The first-order valence-corrected chi connectivity index (χ1v) is 7.63. The van der Waals surface area contributed by atoms with Crippen LogP contribution in [0.25, 0.3) is 10.9 Å². The van der Waals surface area contributed by atoms with Crippen LogP contribution in [0.4, 0.5) is 4.79 Å². The molecular weight excluding hydrogens is 288 g/mol. The number of methoxy groups -OCH3 is 1. The van der Waals surface area contributed by atoms with Gasteiger partial charge in [0, 0.05) is 29.6 Å². The van der Waals surface area contributed by atoms with E-state index in [1.807, 2.05) is 18.3 Å². The molecule has 2 N–H and O–H groups in total. The Bertz CT molecular complexity index is 806. The highest BCUT2D eigenvalue weighted by Crippen LogP contribution is 2.30. The molecule has 23 heavy (non-hydrogen) atoms. The number of ether oxygens (including phenoxy) is 1. The predicted octanol–water partition coefficient (Wildman–Crippen LogP) is 3.96. The lowest BCUT2D eigenvalue weighted by atomic mass is 9.90. The number of H-pyrrole nitrogens is 1. The van der Waals surface area contributed by atoms with Crippen LogP contribution in [0.5, 0.6) is 0 Å². The summed E-state index contributed by atoms with van der Waals surface area (Å²) in [5.41, 5.74) is 4.64. The molecule has 0 spiro atoms. The maximum absolute atomic E-state index is 11.5. The summed E-state index contributed by atoms with van der Waals surface area (Å²) in [7, 11) is 1.38. The number of amides is 1. The Kier molecular flexibility index (Phi) is 4.33. The summed E-state index contributed by atoms with van der Waals surface area (Å²) in [6, 6.07) is 16.6. The first-order valence-electron chi connectivity index (χ1n) is 7.63. The maximum atomic E-state index is 11.5. The lowest BCUT2D eigenvalue weighted by molar-refractivity contribution is 0.170. The summed E-state index contributed by atoms with van der Waals surface area (Å²) in [5.74, 6) is 0.0610. The molecule has 2 aromatic carbocycles. The molecule has 3 aromatic rings. The zero-order valence-electron chi connectivity index (χ0n) is 13.3. The third kappa shape index (κ3) is 3.21. The van der Waals surface area contributed by atoms with Crippen LogP contribution in [0.15, 0.2) is 54.7 Å². The van der Waals surface area contributed by atoms with Crippen molar-refractivity contribution in [2.24, 2.45) is 0 Å². The fourth-order valence-corrected chi connectivity index (χ4v) is 2.85. The molecule has 0 aliphatic heterocycles. The molecule has 0 radical (unpaired) electrons. The van der Waals surface area contributed by atoms with Crippen molar-refractivity contribution < 1.29 is 9.53 Å². The molecule has 0 saturated heterocycles. The lowest BCUT2D eigenvalue weighted by Crippen LogP contribution is -2.28. The van der Waals surface area contributed by atoms with Gasteiger partial charge in [-0.1, -0.05) is 48.0 Å². The largest absolute Gasteiger partial charge is 0.453 e. The Hall–Kier alpha value is -2.75. The van der Waals surface area contributed by atoms with Crippen molar-refractivity contribution in [3.8, 4) is 0 Å². The van der Waals surface area contributed by atoms with Gasteiger partial charge in [0.2, 0.25) is 0 Å². The first-order chi connectivity index (χ1) is 11.2. The van der Waals surface area contributed by atoms with E-state index in [1.54, 1.807) is 0 Å². The number of hydrogen-bond acceptors (Lipinski definition) is 2. The standard InChI is InChI=1S/C19H20N2O2/c1-13-7-9-14(10-8-13)16(11-21-19(22)23-2)17-12-20-18-6-4-3-5-15(17)18/h3-10,12,16,20H,11H2,1-2H3,(H,21,22). The zero-order valence-corrected chi connectivity index (χ0v) is 13.3. The molecule has 0 aliphatic rings. The molecule has 1 heterocycles. The fourth-order valence-electron chi connectivity index (χ4n) is 2.85. The number of nitrogens with one attached hydrogen (secondary N) is 2. The number of carbonyl (C=O) groups is 1. The molecule has 1 amide bonds. The topological polar surface area (TPSA) is 54.1 Å². The first kappa shape index (κ1) is 15.2. The van der Waals surface area contributed by atoms with Crippen molar-refractivity contribution in [2.45, 2.75) is 12.8 Å². The minimum atomic E-state index is -0.415. The Morgan fingerprint density at radius 1 is 1.17 bits per heavy atom. The highest BCUT2D eigenvalue weighted by atomic mass is 16.5. The second kappa shape index (κ2) is 6.57. The molecule has 1 aromatic heterocycles. The Balaban J connectivity index is 2.00. The van der Waals surface area contributed by atoms with E-state index in [2.05, 4.69) is 53.6 Å². The van der Waals surface area contributed by atoms with Gasteiger partial charge in [-0.15, -0.1) is 0 Å². The van der Waals surface area contributed by atoms with Gasteiger partial charge >= 0.3 is 6.09 Å². The van der Waals surface area contributed by atoms with Gasteiger partial charge in [0.05, 0.1) is 7.11 Å². The van der Waals surface area contributed by atoms with Crippen LogP contribution in [0.3, 0.4) is 0 Å². The van der Waals surface area contributed by atoms with Crippen LogP contribution in [0.1, 0.15) is 22.6 Å². The van der Waals surface area contributed by atoms with Crippen molar-refractivity contribution in [1.29, 1.82) is 0 Å². The number of carbonyl (C=O) groups excluding carboxylic acids is 1. The highest BCUT2D eigenvalue weighted by molar-refractivity contribution is 5.84. The van der Waals surface area contributed by atoms with Crippen LogP contribution in [0, 0.1) is 6.92 Å². The smallest absolute Gasteiger partial charge is 0.406 e. The molecular formula is C19H20N2O2. The molecule has 3 rings (SSSR count). The van der Waals surface area contributed by atoms with Crippen LogP contribution in [-0.4, -0.2) is 24.7 Å². The molecule has 0 fully saturated rings. The number of rotatable bonds is 4. The molecule has 1 atom stereocenters. The van der Waals surface area contributed by atoms with E-state index >= 15 is 0 Å². The van der Waals surface area contributed by atoms with E-state index in [9.17, 15) is 4.79 Å². The maximum Gasteiger partial charge on any atom is 0.406 e. The third-order valence-corrected chi connectivity index (χ3v) is 4.11. The van der Waals surface area contributed by atoms with E-state index in [-0.39, 0.29) is 5.92 Å². The summed E-state index contributed by atoms with van der Waals surface area (Å²) in [5, 5.41) is 3.99. The summed E-state index contributed by atoms with van der Waals surface area (Å²) in [6.45, 7) is 2.55. The SMILES string of the molecule is COC(=O)NCC(c1ccc(C)cc1)c1c[nH]c2ccccc12. The molecule has 4 nitrogen and oxygen atoms in total. The number of alkyl carbamates (subject to hydrolysis) is 1. The third-order valence-electron chi connectivity index (χ3n) is 4.11. The van der Waals surface area contributed by atoms with Crippen molar-refractivity contribution in [2.75, 3.05) is 13.7 Å². The van der Waals surface area contributed by atoms with Crippen LogP contribution >= 0.6 is 0 Å². The molecule has 4 heteroatoms. The molecule has 1 unspecified atom stereocenters. The van der Waals surface area contributed by atoms with Gasteiger partial charge in [0.25, 0.3) is 0 Å². The number of fused-ring (bicyclic) bond motifs is 1. The van der Waals surface area contributed by atoms with E-state index < -0.39 is 6.09 Å². The number of hydrogen-bond donors (Lipinski definition) is 2. The molecule has 0 aliphatic carbocycles. The average Bonchev–Trinajstić information content (AvgIpc) is 3.00. The van der Waals surface area contributed by atoms with Crippen LogP contribution < -0.4 is 5.32 Å². The van der Waals surface area contributed by atoms with Gasteiger partial charge in [-0.05, 0) is 24.1 Å². The van der Waals surface area contributed by atoms with Gasteiger partial charge in [-0.25, -0.2) is 4.79 Å². The number of aromatic nitrogens is 1. The molecule has 0 saturated carbocycles. The molecule has 0 bridgehead atoms. The Morgan fingerprint density at radius 3 is 2.65 bits per heavy atom. The van der Waals surface area contributed by atoms with E-state index in [1.165, 1.54) is 23.6 Å². The summed E-state index contributed by atoms with van der Waals surface area (Å²) >= 11 is 0. The Morgan fingerprint density at radius 2 is 1.91 bits per heavy atom. The van der Waals surface area contributed by atoms with Gasteiger partial charge in [-0.3, -0.25) is 0 Å². The minimum Gasteiger partial charge on any atom is -0.453 e. The normalized spacial score (nSPS) is 12.1. The van der Waals surface area contributed by atoms with Gasteiger partial charge in [0.1, 0.15) is 0 Å². The van der Waals surface area contributed by atoms with E-state index in [0.717, 1.165) is 11.1 Å². The lowest BCUT2D eigenvalue weighted by Gasteiger charge is -2.18.